The molecule has 2 fully saturated rings. The highest BCUT2D eigenvalue weighted by molar-refractivity contribution is 5.88. The van der Waals surface area contributed by atoms with Crippen molar-refractivity contribution in [3.05, 3.63) is 23.8 Å². The second kappa shape index (κ2) is 8.82. The number of likely N-dealkylation sites (tertiary alicyclic amines) is 1. The SMILES string of the molecule is COc1ccc(C23CC/C(=N\NC(=O)CCC(=O)O)CC2N(C)CC3)cc1OC. The van der Waals surface area contributed by atoms with Crippen LogP contribution in [0.1, 0.15) is 44.1 Å². The number of amides is 1. The van der Waals surface area contributed by atoms with Crippen LogP contribution in [0.3, 0.4) is 0 Å². The first-order valence-electron chi connectivity index (χ1n) is 9.88. The van der Waals surface area contributed by atoms with Crippen molar-refractivity contribution in [2.45, 2.75) is 50.0 Å². The summed E-state index contributed by atoms with van der Waals surface area (Å²) < 4.78 is 10.9. The number of ether oxygens (including phenoxy) is 2. The molecule has 2 aliphatic rings. The Labute approximate surface area is 170 Å². The molecule has 0 radical (unpaired) electrons. The molecular formula is C21H29N3O5. The molecule has 0 aromatic heterocycles. The fraction of sp³-hybridized carbons (Fsp3) is 0.571. The fourth-order valence-corrected chi connectivity index (χ4v) is 4.60. The van der Waals surface area contributed by atoms with Crippen LogP contribution in [0.2, 0.25) is 0 Å². The lowest BCUT2D eigenvalue weighted by Gasteiger charge is -2.42. The molecule has 1 saturated carbocycles. The van der Waals surface area contributed by atoms with Gasteiger partial charge in [-0.3, -0.25) is 9.59 Å². The summed E-state index contributed by atoms with van der Waals surface area (Å²) in [7, 11) is 5.41. The second-order valence-electron chi connectivity index (χ2n) is 7.78. The number of benzene rings is 1. The molecular weight excluding hydrogens is 374 g/mol. The Morgan fingerprint density at radius 2 is 2.00 bits per heavy atom. The van der Waals surface area contributed by atoms with Crippen molar-refractivity contribution in [1.82, 2.24) is 10.3 Å². The summed E-state index contributed by atoms with van der Waals surface area (Å²) in [5, 5.41) is 13.0. The highest BCUT2D eigenvalue weighted by atomic mass is 16.5. The summed E-state index contributed by atoms with van der Waals surface area (Å²) in [5.41, 5.74) is 4.73. The number of nitrogens with one attached hydrogen (secondary N) is 1. The van der Waals surface area contributed by atoms with E-state index < -0.39 is 5.97 Å². The van der Waals surface area contributed by atoms with Crippen LogP contribution < -0.4 is 14.9 Å². The Hall–Kier alpha value is -2.61. The van der Waals surface area contributed by atoms with E-state index >= 15 is 0 Å². The number of rotatable bonds is 7. The van der Waals surface area contributed by atoms with E-state index in [1.165, 1.54) is 5.56 Å². The summed E-state index contributed by atoms with van der Waals surface area (Å²) in [5.74, 6) is 0.102. The molecule has 1 amide bonds. The largest absolute Gasteiger partial charge is 0.493 e. The Morgan fingerprint density at radius 3 is 2.69 bits per heavy atom. The van der Waals surface area contributed by atoms with E-state index in [4.69, 9.17) is 14.6 Å². The molecule has 1 aliphatic heterocycles. The maximum atomic E-state index is 11.8. The number of nitrogens with zero attached hydrogens (tertiary/aromatic N) is 2. The van der Waals surface area contributed by atoms with Crippen molar-refractivity contribution in [2.24, 2.45) is 5.10 Å². The van der Waals surface area contributed by atoms with Crippen molar-refractivity contribution in [1.29, 1.82) is 0 Å². The van der Waals surface area contributed by atoms with Crippen LogP contribution in [-0.2, 0) is 15.0 Å². The Kier molecular flexibility index (Phi) is 6.42. The highest BCUT2D eigenvalue weighted by Crippen LogP contribution is 2.49. The summed E-state index contributed by atoms with van der Waals surface area (Å²) >= 11 is 0. The lowest BCUT2D eigenvalue weighted by Crippen LogP contribution is -2.46. The number of hydrogen-bond acceptors (Lipinski definition) is 6. The minimum absolute atomic E-state index is 0.0145. The summed E-state index contributed by atoms with van der Waals surface area (Å²) in [6.45, 7) is 0.997. The maximum absolute atomic E-state index is 11.8. The quantitative estimate of drug-likeness (QED) is 0.677. The minimum Gasteiger partial charge on any atom is -0.493 e. The number of likely N-dealkylation sites (N-methyl/N-ethyl adjacent to an activating group) is 1. The monoisotopic (exact) mass is 403 g/mol. The molecule has 2 atom stereocenters. The van der Waals surface area contributed by atoms with Gasteiger partial charge >= 0.3 is 5.97 Å². The first-order chi connectivity index (χ1) is 13.9. The average molecular weight is 403 g/mol. The van der Waals surface area contributed by atoms with Gasteiger partial charge < -0.3 is 19.5 Å². The van der Waals surface area contributed by atoms with Gasteiger partial charge in [0, 0.05) is 30.0 Å². The van der Waals surface area contributed by atoms with E-state index in [2.05, 4.69) is 34.6 Å². The van der Waals surface area contributed by atoms with Gasteiger partial charge in [-0.05, 0) is 50.6 Å². The molecule has 2 N–H and O–H groups in total. The molecule has 1 aromatic rings. The average Bonchev–Trinajstić information content (AvgIpc) is 3.07. The van der Waals surface area contributed by atoms with Gasteiger partial charge in [0.1, 0.15) is 0 Å². The molecule has 8 heteroatoms. The Morgan fingerprint density at radius 1 is 1.24 bits per heavy atom. The molecule has 1 aromatic carbocycles. The molecule has 1 saturated heterocycles. The first kappa shape index (κ1) is 21.1. The van der Waals surface area contributed by atoms with Crippen molar-refractivity contribution in [2.75, 3.05) is 27.8 Å². The van der Waals surface area contributed by atoms with Gasteiger partial charge in [0.25, 0.3) is 0 Å². The standard InChI is InChI=1S/C21H29N3O5/c1-24-11-10-21(14-4-5-16(28-2)17(12-14)29-3)9-8-15(13-18(21)24)22-23-19(25)6-7-20(26)27/h4-5,12,18H,6-11,13H2,1-3H3,(H,23,25)(H,26,27)/b22-15+. The lowest BCUT2D eigenvalue weighted by atomic mass is 9.65. The van der Waals surface area contributed by atoms with E-state index in [9.17, 15) is 9.59 Å². The van der Waals surface area contributed by atoms with E-state index in [1.54, 1.807) is 14.2 Å². The summed E-state index contributed by atoms with van der Waals surface area (Å²) in [6, 6.07) is 6.46. The van der Waals surface area contributed by atoms with Crippen LogP contribution in [0.4, 0.5) is 0 Å². The molecule has 0 bridgehead atoms. The molecule has 1 aliphatic carbocycles. The highest BCUT2D eigenvalue weighted by Gasteiger charge is 2.49. The van der Waals surface area contributed by atoms with Crippen LogP contribution in [0.25, 0.3) is 0 Å². The summed E-state index contributed by atoms with van der Waals surface area (Å²) in [6.07, 6.45) is 3.29. The third kappa shape index (κ3) is 4.37. The van der Waals surface area contributed by atoms with E-state index in [-0.39, 0.29) is 30.2 Å². The third-order valence-corrected chi connectivity index (χ3v) is 6.23. The smallest absolute Gasteiger partial charge is 0.303 e. The number of fused-ring (bicyclic) bond motifs is 1. The van der Waals surface area contributed by atoms with Crippen LogP contribution >= 0.6 is 0 Å². The van der Waals surface area contributed by atoms with E-state index in [1.807, 2.05) is 6.07 Å². The molecule has 8 nitrogen and oxygen atoms in total. The zero-order valence-electron chi connectivity index (χ0n) is 17.2. The topological polar surface area (TPSA) is 100 Å². The molecule has 0 spiro atoms. The first-order valence-corrected chi connectivity index (χ1v) is 9.88. The van der Waals surface area contributed by atoms with Gasteiger partial charge in [-0.15, -0.1) is 0 Å². The van der Waals surface area contributed by atoms with Gasteiger partial charge in [-0.25, -0.2) is 5.43 Å². The number of carboxylic acid groups (broad SMARTS) is 1. The Balaban J connectivity index is 1.77. The number of hydrazone groups is 1. The van der Waals surface area contributed by atoms with E-state index in [0.717, 1.165) is 49.4 Å². The van der Waals surface area contributed by atoms with Crippen molar-refractivity contribution in [3.63, 3.8) is 0 Å². The van der Waals surface area contributed by atoms with Crippen LogP contribution in [0.15, 0.2) is 23.3 Å². The van der Waals surface area contributed by atoms with E-state index in [0.29, 0.717) is 0 Å². The van der Waals surface area contributed by atoms with Crippen molar-refractivity contribution < 1.29 is 24.2 Å². The number of methoxy groups -OCH3 is 2. The molecule has 29 heavy (non-hydrogen) atoms. The zero-order valence-corrected chi connectivity index (χ0v) is 17.2. The van der Waals surface area contributed by atoms with Crippen LogP contribution in [0, 0.1) is 0 Å². The number of carboxylic acids is 1. The number of hydrogen-bond donors (Lipinski definition) is 2. The zero-order chi connectivity index (χ0) is 21.0. The number of aliphatic carboxylic acids is 1. The van der Waals surface area contributed by atoms with Gasteiger partial charge in [0.15, 0.2) is 11.5 Å². The Bertz CT molecular complexity index is 810. The molecule has 158 valence electrons. The number of carbonyl (C=O) groups excluding carboxylic acids is 1. The predicted octanol–water partition coefficient (Wildman–Crippen LogP) is 2.17. The lowest BCUT2D eigenvalue weighted by molar-refractivity contribution is -0.138. The third-order valence-electron chi connectivity index (χ3n) is 6.23. The van der Waals surface area contributed by atoms with Crippen LogP contribution in [0.5, 0.6) is 11.5 Å². The maximum Gasteiger partial charge on any atom is 0.303 e. The predicted molar refractivity (Wildman–Crippen MR) is 109 cm³/mol. The van der Waals surface area contributed by atoms with Gasteiger partial charge in [-0.1, -0.05) is 6.07 Å². The number of carbonyl (C=O) groups is 2. The molecule has 3 rings (SSSR count). The van der Waals surface area contributed by atoms with Crippen molar-refractivity contribution >= 4 is 17.6 Å². The summed E-state index contributed by atoms with van der Waals surface area (Å²) in [4.78, 5) is 24.7. The minimum atomic E-state index is -0.988. The second-order valence-corrected chi connectivity index (χ2v) is 7.78. The molecule has 2 unspecified atom stereocenters. The van der Waals surface area contributed by atoms with Gasteiger partial charge in [0.2, 0.25) is 5.91 Å². The van der Waals surface area contributed by atoms with Crippen molar-refractivity contribution in [3.8, 4) is 11.5 Å². The fourth-order valence-electron chi connectivity index (χ4n) is 4.60. The van der Waals surface area contributed by atoms with Gasteiger partial charge in [0.05, 0.1) is 20.6 Å². The molecule has 1 heterocycles. The normalized spacial score (nSPS) is 25.5. The van der Waals surface area contributed by atoms with Gasteiger partial charge in [-0.2, -0.15) is 5.10 Å². The van der Waals surface area contributed by atoms with Crippen LogP contribution in [-0.4, -0.2) is 61.4 Å².